The van der Waals surface area contributed by atoms with E-state index < -0.39 is 0 Å². The molecule has 0 radical (unpaired) electrons. The van der Waals surface area contributed by atoms with Crippen LogP contribution in [0.5, 0.6) is 0 Å². The molecule has 2 saturated heterocycles. The van der Waals surface area contributed by atoms with Gasteiger partial charge < -0.3 is 14.8 Å². The smallest absolute Gasteiger partial charge is 0.255 e. The molecular formula is C24H33N3O. The maximum absolute atomic E-state index is 13.2. The molecule has 3 heterocycles. The number of carbonyl (C=O) groups excluding carboxylic acids is 1. The maximum Gasteiger partial charge on any atom is 0.255 e. The molecule has 0 aliphatic carbocycles. The van der Waals surface area contributed by atoms with Crippen LogP contribution in [0.4, 0.5) is 0 Å². The van der Waals surface area contributed by atoms with Crippen LogP contribution in [-0.2, 0) is 0 Å². The van der Waals surface area contributed by atoms with Gasteiger partial charge in [-0.15, -0.1) is 0 Å². The second-order valence-corrected chi connectivity index (χ2v) is 8.64. The van der Waals surface area contributed by atoms with Gasteiger partial charge in [-0.2, -0.15) is 0 Å². The van der Waals surface area contributed by atoms with Crippen molar-refractivity contribution in [3.63, 3.8) is 0 Å². The lowest BCUT2D eigenvalue weighted by Gasteiger charge is -2.40. The van der Waals surface area contributed by atoms with Crippen LogP contribution in [0.3, 0.4) is 0 Å². The van der Waals surface area contributed by atoms with Gasteiger partial charge in [0.25, 0.3) is 5.91 Å². The first-order valence-electron chi connectivity index (χ1n) is 10.8. The molecule has 1 N–H and O–H groups in total. The fourth-order valence-electron chi connectivity index (χ4n) is 4.73. The lowest BCUT2D eigenvalue weighted by atomic mass is 9.99. The SMILES string of the molecule is Cc1ccc(-c2cc(C(=O)N3CCC(N4CCCCC4)CC3)c(C)[nH]2)cc1C. The topological polar surface area (TPSA) is 39.3 Å². The van der Waals surface area contributed by atoms with Crippen molar-refractivity contribution in [2.75, 3.05) is 26.2 Å². The second kappa shape index (κ2) is 8.12. The van der Waals surface area contributed by atoms with Crippen LogP contribution in [-0.4, -0.2) is 52.9 Å². The number of aromatic nitrogens is 1. The molecule has 2 fully saturated rings. The third-order valence-electron chi connectivity index (χ3n) is 6.72. The molecule has 150 valence electrons. The second-order valence-electron chi connectivity index (χ2n) is 8.64. The highest BCUT2D eigenvalue weighted by Gasteiger charge is 2.29. The number of piperidine rings is 2. The zero-order valence-electron chi connectivity index (χ0n) is 17.6. The highest BCUT2D eigenvalue weighted by Crippen LogP contribution is 2.26. The summed E-state index contributed by atoms with van der Waals surface area (Å²) in [5, 5.41) is 0. The van der Waals surface area contributed by atoms with Crippen LogP contribution in [0.25, 0.3) is 11.3 Å². The molecule has 28 heavy (non-hydrogen) atoms. The predicted octanol–water partition coefficient (Wildman–Crippen LogP) is 4.70. The normalized spacial score (nSPS) is 19.2. The standard InChI is InChI=1S/C24H33N3O/c1-17-7-8-20(15-18(17)2)23-16-22(19(3)25-23)24(28)27-13-9-21(10-14-27)26-11-5-4-6-12-26/h7-8,15-16,21,25H,4-6,9-14H2,1-3H3. The third-order valence-corrected chi connectivity index (χ3v) is 6.72. The number of benzene rings is 1. The Bertz CT molecular complexity index is 840. The number of nitrogens with one attached hydrogen (secondary N) is 1. The van der Waals surface area contributed by atoms with Crippen molar-refractivity contribution in [3.8, 4) is 11.3 Å². The van der Waals surface area contributed by atoms with Crippen LogP contribution >= 0.6 is 0 Å². The third kappa shape index (κ3) is 3.88. The largest absolute Gasteiger partial charge is 0.358 e. The minimum Gasteiger partial charge on any atom is -0.358 e. The van der Waals surface area contributed by atoms with Gasteiger partial charge in [0.1, 0.15) is 0 Å². The summed E-state index contributed by atoms with van der Waals surface area (Å²) in [6, 6.07) is 9.18. The molecule has 0 saturated carbocycles. The minimum atomic E-state index is 0.181. The molecule has 2 aromatic rings. The van der Waals surface area contributed by atoms with Gasteiger partial charge in [0, 0.05) is 30.5 Å². The van der Waals surface area contributed by atoms with Crippen molar-refractivity contribution in [3.05, 3.63) is 46.6 Å². The number of H-pyrrole nitrogens is 1. The quantitative estimate of drug-likeness (QED) is 0.840. The van der Waals surface area contributed by atoms with E-state index in [-0.39, 0.29) is 5.91 Å². The summed E-state index contributed by atoms with van der Waals surface area (Å²) < 4.78 is 0. The molecule has 0 unspecified atom stereocenters. The van der Waals surface area contributed by atoms with Gasteiger partial charge in [-0.25, -0.2) is 0 Å². The van der Waals surface area contributed by atoms with Gasteiger partial charge in [0.2, 0.25) is 0 Å². The molecule has 1 aromatic carbocycles. The average molecular weight is 380 g/mol. The molecule has 1 amide bonds. The van der Waals surface area contributed by atoms with Gasteiger partial charge in [-0.1, -0.05) is 18.6 Å². The summed E-state index contributed by atoms with van der Waals surface area (Å²) in [6.45, 7) is 10.5. The van der Waals surface area contributed by atoms with Gasteiger partial charge in [0.15, 0.2) is 0 Å². The van der Waals surface area contributed by atoms with E-state index in [2.05, 4.69) is 46.8 Å². The van der Waals surface area contributed by atoms with E-state index in [1.165, 1.54) is 43.5 Å². The Labute approximate surface area is 168 Å². The van der Waals surface area contributed by atoms with Crippen molar-refractivity contribution in [1.29, 1.82) is 0 Å². The number of hydrogen-bond acceptors (Lipinski definition) is 2. The van der Waals surface area contributed by atoms with E-state index in [1.807, 2.05) is 13.0 Å². The van der Waals surface area contributed by atoms with Crippen molar-refractivity contribution < 1.29 is 4.79 Å². The number of likely N-dealkylation sites (tertiary alicyclic amines) is 2. The van der Waals surface area contributed by atoms with Crippen LogP contribution in [0.15, 0.2) is 24.3 Å². The summed E-state index contributed by atoms with van der Waals surface area (Å²) in [5.74, 6) is 0.181. The van der Waals surface area contributed by atoms with Crippen molar-refractivity contribution in [2.24, 2.45) is 0 Å². The predicted molar refractivity (Wildman–Crippen MR) is 115 cm³/mol. The van der Waals surface area contributed by atoms with Gasteiger partial charge in [0.05, 0.1) is 5.56 Å². The summed E-state index contributed by atoms with van der Waals surface area (Å²) in [4.78, 5) is 21.3. The zero-order valence-corrected chi connectivity index (χ0v) is 17.6. The highest BCUT2D eigenvalue weighted by atomic mass is 16.2. The van der Waals surface area contributed by atoms with Crippen LogP contribution in [0.1, 0.15) is 59.3 Å². The monoisotopic (exact) mass is 379 g/mol. The molecule has 1 aromatic heterocycles. The number of carbonyl (C=O) groups is 1. The van der Waals surface area contributed by atoms with Gasteiger partial charge >= 0.3 is 0 Å². The molecule has 4 nitrogen and oxygen atoms in total. The fraction of sp³-hybridized carbons (Fsp3) is 0.542. The number of aryl methyl sites for hydroxylation is 3. The first-order valence-corrected chi connectivity index (χ1v) is 10.8. The number of nitrogens with zero attached hydrogens (tertiary/aromatic N) is 2. The Morgan fingerprint density at radius 1 is 0.929 bits per heavy atom. The molecular weight excluding hydrogens is 346 g/mol. The Kier molecular flexibility index (Phi) is 5.58. The average Bonchev–Trinajstić information content (AvgIpc) is 3.12. The summed E-state index contributed by atoms with van der Waals surface area (Å²) in [5.41, 5.74) is 6.54. The van der Waals surface area contributed by atoms with E-state index in [1.54, 1.807) is 0 Å². The summed E-state index contributed by atoms with van der Waals surface area (Å²) in [7, 11) is 0. The van der Waals surface area contributed by atoms with Crippen LogP contribution < -0.4 is 0 Å². The maximum atomic E-state index is 13.2. The molecule has 2 aliphatic heterocycles. The fourth-order valence-corrected chi connectivity index (χ4v) is 4.73. The Balaban J connectivity index is 1.44. The van der Waals surface area contributed by atoms with Gasteiger partial charge in [-0.05, 0) is 88.4 Å². The van der Waals surface area contributed by atoms with Crippen LogP contribution in [0.2, 0.25) is 0 Å². The first kappa shape index (κ1) is 19.3. The van der Waals surface area contributed by atoms with E-state index in [0.29, 0.717) is 6.04 Å². The summed E-state index contributed by atoms with van der Waals surface area (Å²) in [6.07, 6.45) is 6.27. The number of aromatic amines is 1. The van der Waals surface area contributed by atoms with E-state index in [9.17, 15) is 4.79 Å². The summed E-state index contributed by atoms with van der Waals surface area (Å²) >= 11 is 0. The van der Waals surface area contributed by atoms with E-state index >= 15 is 0 Å². The number of rotatable bonds is 3. The molecule has 4 heteroatoms. The Morgan fingerprint density at radius 3 is 2.32 bits per heavy atom. The number of amides is 1. The van der Waals surface area contributed by atoms with Crippen molar-refractivity contribution in [2.45, 2.75) is 58.9 Å². The first-order chi connectivity index (χ1) is 13.5. The Morgan fingerprint density at radius 2 is 1.64 bits per heavy atom. The highest BCUT2D eigenvalue weighted by molar-refractivity contribution is 5.96. The van der Waals surface area contributed by atoms with Gasteiger partial charge in [-0.3, -0.25) is 4.79 Å². The molecule has 0 bridgehead atoms. The van der Waals surface area contributed by atoms with E-state index in [0.717, 1.165) is 48.4 Å². The van der Waals surface area contributed by atoms with Crippen molar-refractivity contribution >= 4 is 5.91 Å². The zero-order chi connectivity index (χ0) is 19.7. The lowest BCUT2D eigenvalue weighted by molar-refractivity contribution is 0.0589. The molecule has 2 aliphatic rings. The molecule has 0 spiro atoms. The number of hydrogen-bond donors (Lipinski definition) is 1. The minimum absolute atomic E-state index is 0.181. The molecule has 4 rings (SSSR count). The van der Waals surface area contributed by atoms with Crippen molar-refractivity contribution in [1.82, 2.24) is 14.8 Å². The molecule has 0 atom stereocenters. The lowest BCUT2D eigenvalue weighted by Crippen LogP contribution is -2.48. The van der Waals surface area contributed by atoms with Crippen LogP contribution in [0, 0.1) is 20.8 Å². The van der Waals surface area contributed by atoms with E-state index in [4.69, 9.17) is 0 Å². The Hall–Kier alpha value is -2.07.